The van der Waals surface area contributed by atoms with Crippen molar-refractivity contribution < 1.29 is 9.59 Å². The summed E-state index contributed by atoms with van der Waals surface area (Å²) in [7, 11) is 0. The molecule has 2 fully saturated rings. The van der Waals surface area contributed by atoms with Gasteiger partial charge in [0.2, 0.25) is 11.8 Å². The van der Waals surface area contributed by atoms with Gasteiger partial charge in [0.1, 0.15) is 0 Å². The Labute approximate surface area is 103 Å². The molecule has 0 bridgehead atoms. The van der Waals surface area contributed by atoms with Crippen LogP contribution in [-0.4, -0.2) is 24.4 Å². The minimum Gasteiger partial charge on any atom is -0.356 e. The molecule has 1 heterocycles. The van der Waals surface area contributed by atoms with Gasteiger partial charge in [0, 0.05) is 24.9 Å². The van der Waals surface area contributed by atoms with E-state index in [-0.39, 0.29) is 17.7 Å². The minimum atomic E-state index is -0.105. The Kier molecular flexibility index (Phi) is 4.40. The SMILES string of the molecule is O=C1CC(C(=O)NC2CCCCCC2)CCN1. The third-order valence-electron chi connectivity index (χ3n) is 3.82. The fourth-order valence-corrected chi connectivity index (χ4v) is 2.75. The van der Waals surface area contributed by atoms with Crippen molar-refractivity contribution in [2.75, 3.05) is 6.54 Å². The number of hydrogen-bond donors (Lipinski definition) is 2. The minimum absolute atomic E-state index is 0.0114. The maximum absolute atomic E-state index is 12.0. The van der Waals surface area contributed by atoms with Crippen LogP contribution < -0.4 is 10.6 Å². The molecule has 2 amide bonds. The van der Waals surface area contributed by atoms with Crippen LogP contribution in [-0.2, 0) is 9.59 Å². The molecule has 0 spiro atoms. The molecule has 1 saturated heterocycles. The zero-order valence-electron chi connectivity index (χ0n) is 10.3. The monoisotopic (exact) mass is 238 g/mol. The second-order valence-electron chi connectivity index (χ2n) is 5.24. The highest BCUT2D eigenvalue weighted by molar-refractivity contribution is 5.86. The number of rotatable bonds is 2. The number of carbonyl (C=O) groups excluding carboxylic acids is 2. The van der Waals surface area contributed by atoms with E-state index in [0.717, 1.165) is 19.3 Å². The fourth-order valence-electron chi connectivity index (χ4n) is 2.75. The van der Waals surface area contributed by atoms with E-state index in [2.05, 4.69) is 10.6 Å². The molecule has 2 rings (SSSR count). The van der Waals surface area contributed by atoms with E-state index in [1.165, 1.54) is 25.7 Å². The molecule has 1 unspecified atom stereocenters. The van der Waals surface area contributed by atoms with Gasteiger partial charge in [-0.05, 0) is 19.3 Å². The van der Waals surface area contributed by atoms with E-state index in [1.54, 1.807) is 0 Å². The average Bonchev–Trinajstić information content (AvgIpc) is 2.57. The van der Waals surface area contributed by atoms with Crippen molar-refractivity contribution in [2.45, 2.75) is 57.4 Å². The maximum atomic E-state index is 12.0. The maximum Gasteiger partial charge on any atom is 0.223 e. The van der Waals surface area contributed by atoms with Crippen LogP contribution in [0.1, 0.15) is 51.4 Å². The lowest BCUT2D eigenvalue weighted by atomic mass is 9.96. The summed E-state index contributed by atoms with van der Waals surface area (Å²) < 4.78 is 0. The van der Waals surface area contributed by atoms with Gasteiger partial charge in [-0.1, -0.05) is 25.7 Å². The number of piperidine rings is 1. The molecule has 1 atom stereocenters. The summed E-state index contributed by atoms with van der Waals surface area (Å²) in [5.41, 5.74) is 0. The predicted octanol–water partition coefficient (Wildman–Crippen LogP) is 1.35. The van der Waals surface area contributed by atoms with Gasteiger partial charge in [-0.2, -0.15) is 0 Å². The van der Waals surface area contributed by atoms with Crippen LogP contribution in [0.5, 0.6) is 0 Å². The first-order valence-corrected chi connectivity index (χ1v) is 6.83. The van der Waals surface area contributed by atoms with Gasteiger partial charge in [0.05, 0.1) is 0 Å². The normalized spacial score (nSPS) is 27.1. The molecule has 0 aromatic rings. The molecule has 17 heavy (non-hydrogen) atoms. The Morgan fingerprint density at radius 3 is 2.47 bits per heavy atom. The highest BCUT2D eigenvalue weighted by Gasteiger charge is 2.27. The molecule has 4 nitrogen and oxygen atoms in total. The van der Waals surface area contributed by atoms with E-state index in [0.29, 0.717) is 19.0 Å². The van der Waals surface area contributed by atoms with Crippen LogP contribution >= 0.6 is 0 Å². The Bertz CT molecular complexity index is 283. The third-order valence-corrected chi connectivity index (χ3v) is 3.82. The van der Waals surface area contributed by atoms with Gasteiger partial charge >= 0.3 is 0 Å². The summed E-state index contributed by atoms with van der Waals surface area (Å²) in [6, 6.07) is 0.343. The molecule has 2 N–H and O–H groups in total. The molecule has 1 aliphatic heterocycles. The van der Waals surface area contributed by atoms with Crippen LogP contribution in [0.15, 0.2) is 0 Å². The summed E-state index contributed by atoms with van der Waals surface area (Å²) in [6.45, 7) is 0.640. The molecule has 4 heteroatoms. The Balaban J connectivity index is 1.80. The largest absolute Gasteiger partial charge is 0.356 e. The molecular formula is C13H22N2O2. The van der Waals surface area contributed by atoms with E-state index in [4.69, 9.17) is 0 Å². The number of hydrogen-bond acceptors (Lipinski definition) is 2. The Morgan fingerprint density at radius 2 is 1.82 bits per heavy atom. The predicted molar refractivity (Wildman–Crippen MR) is 65.4 cm³/mol. The van der Waals surface area contributed by atoms with Crippen molar-refractivity contribution >= 4 is 11.8 Å². The van der Waals surface area contributed by atoms with E-state index < -0.39 is 0 Å². The highest BCUT2D eigenvalue weighted by atomic mass is 16.2. The van der Waals surface area contributed by atoms with Crippen molar-refractivity contribution in [1.29, 1.82) is 0 Å². The van der Waals surface area contributed by atoms with Gasteiger partial charge < -0.3 is 10.6 Å². The van der Waals surface area contributed by atoms with Crippen LogP contribution in [0.3, 0.4) is 0 Å². The summed E-state index contributed by atoms with van der Waals surface area (Å²) in [5.74, 6) is -0.00369. The lowest BCUT2D eigenvalue weighted by molar-refractivity contribution is -0.132. The summed E-state index contributed by atoms with van der Waals surface area (Å²) in [5, 5.41) is 5.89. The lowest BCUT2D eigenvalue weighted by Crippen LogP contribution is -2.44. The molecular weight excluding hydrogens is 216 g/mol. The van der Waals surface area contributed by atoms with Crippen LogP contribution in [0, 0.1) is 5.92 Å². The topological polar surface area (TPSA) is 58.2 Å². The molecule has 0 aromatic heterocycles. The van der Waals surface area contributed by atoms with Gasteiger partial charge in [-0.25, -0.2) is 0 Å². The van der Waals surface area contributed by atoms with Crippen LogP contribution in [0.2, 0.25) is 0 Å². The van der Waals surface area contributed by atoms with Crippen molar-refractivity contribution in [3.63, 3.8) is 0 Å². The Morgan fingerprint density at radius 1 is 1.12 bits per heavy atom. The third kappa shape index (κ3) is 3.72. The van der Waals surface area contributed by atoms with E-state index >= 15 is 0 Å². The average molecular weight is 238 g/mol. The van der Waals surface area contributed by atoms with Gasteiger partial charge in [0.25, 0.3) is 0 Å². The second kappa shape index (κ2) is 6.03. The van der Waals surface area contributed by atoms with Crippen LogP contribution in [0.4, 0.5) is 0 Å². The number of amides is 2. The number of nitrogens with one attached hydrogen (secondary N) is 2. The first-order valence-electron chi connectivity index (χ1n) is 6.83. The molecule has 0 radical (unpaired) electrons. The van der Waals surface area contributed by atoms with Crippen molar-refractivity contribution in [2.24, 2.45) is 5.92 Å². The van der Waals surface area contributed by atoms with Gasteiger partial charge in [-0.15, -0.1) is 0 Å². The number of carbonyl (C=O) groups is 2. The molecule has 2 aliphatic rings. The van der Waals surface area contributed by atoms with Gasteiger partial charge in [0.15, 0.2) is 0 Å². The van der Waals surface area contributed by atoms with Crippen LogP contribution in [0.25, 0.3) is 0 Å². The van der Waals surface area contributed by atoms with Crippen molar-refractivity contribution in [3.8, 4) is 0 Å². The van der Waals surface area contributed by atoms with E-state index in [1.807, 2.05) is 0 Å². The quantitative estimate of drug-likeness (QED) is 0.713. The fraction of sp³-hybridized carbons (Fsp3) is 0.846. The summed E-state index contributed by atoms with van der Waals surface area (Å²) in [6.07, 6.45) is 8.36. The second-order valence-corrected chi connectivity index (χ2v) is 5.24. The highest BCUT2D eigenvalue weighted by Crippen LogP contribution is 2.19. The standard InChI is InChI=1S/C13H22N2O2/c16-12-9-10(7-8-14-12)13(17)15-11-5-3-1-2-4-6-11/h10-11H,1-9H2,(H,14,16)(H,15,17). The summed E-state index contributed by atoms with van der Waals surface area (Å²) in [4.78, 5) is 23.3. The Hall–Kier alpha value is -1.06. The van der Waals surface area contributed by atoms with Crippen molar-refractivity contribution in [1.82, 2.24) is 10.6 Å². The van der Waals surface area contributed by atoms with Crippen molar-refractivity contribution in [3.05, 3.63) is 0 Å². The molecule has 1 aliphatic carbocycles. The first kappa shape index (κ1) is 12.4. The zero-order valence-corrected chi connectivity index (χ0v) is 10.3. The summed E-state index contributed by atoms with van der Waals surface area (Å²) >= 11 is 0. The van der Waals surface area contributed by atoms with Gasteiger partial charge in [-0.3, -0.25) is 9.59 Å². The first-order chi connectivity index (χ1) is 8.25. The molecule has 1 saturated carbocycles. The molecule has 96 valence electrons. The molecule has 0 aromatic carbocycles. The van der Waals surface area contributed by atoms with E-state index in [9.17, 15) is 9.59 Å². The lowest BCUT2D eigenvalue weighted by Gasteiger charge is -2.24. The zero-order chi connectivity index (χ0) is 12.1. The smallest absolute Gasteiger partial charge is 0.223 e.